The van der Waals surface area contributed by atoms with Crippen molar-refractivity contribution in [2.45, 2.75) is 26.3 Å². The lowest BCUT2D eigenvalue weighted by molar-refractivity contribution is 0.340. The first-order valence-electron chi connectivity index (χ1n) is 7.33. The highest BCUT2D eigenvalue weighted by Crippen LogP contribution is 2.19. The SMILES string of the molecule is CCOc1ccc(C(C)NCC2CCN(C)C2)cc1. The van der Waals surface area contributed by atoms with Crippen LogP contribution in [0.5, 0.6) is 5.75 Å². The Morgan fingerprint density at radius 1 is 1.37 bits per heavy atom. The molecule has 0 bridgehead atoms. The minimum absolute atomic E-state index is 0.404. The van der Waals surface area contributed by atoms with Crippen LogP contribution in [0.2, 0.25) is 0 Å². The number of hydrogen-bond acceptors (Lipinski definition) is 3. The molecule has 0 aliphatic carbocycles. The molecule has 0 aromatic heterocycles. The lowest BCUT2D eigenvalue weighted by Gasteiger charge is -2.18. The molecule has 1 heterocycles. The van der Waals surface area contributed by atoms with E-state index in [4.69, 9.17) is 4.74 Å². The predicted molar refractivity (Wildman–Crippen MR) is 79.6 cm³/mol. The molecule has 3 nitrogen and oxygen atoms in total. The number of ether oxygens (including phenoxy) is 1. The summed E-state index contributed by atoms with van der Waals surface area (Å²) in [6, 6.07) is 8.83. The van der Waals surface area contributed by atoms with Gasteiger partial charge < -0.3 is 15.0 Å². The number of benzene rings is 1. The van der Waals surface area contributed by atoms with Crippen LogP contribution < -0.4 is 10.1 Å². The van der Waals surface area contributed by atoms with Gasteiger partial charge in [0.25, 0.3) is 0 Å². The number of hydrogen-bond donors (Lipinski definition) is 1. The van der Waals surface area contributed by atoms with Crippen molar-refractivity contribution in [3.05, 3.63) is 29.8 Å². The van der Waals surface area contributed by atoms with E-state index in [1.54, 1.807) is 0 Å². The van der Waals surface area contributed by atoms with Crippen LogP contribution in [-0.4, -0.2) is 38.2 Å². The van der Waals surface area contributed by atoms with Crippen molar-refractivity contribution >= 4 is 0 Å². The van der Waals surface area contributed by atoms with Gasteiger partial charge in [0, 0.05) is 12.6 Å². The molecule has 0 radical (unpaired) electrons. The third-order valence-corrected chi connectivity index (χ3v) is 3.89. The Hall–Kier alpha value is -1.06. The van der Waals surface area contributed by atoms with E-state index in [-0.39, 0.29) is 0 Å². The van der Waals surface area contributed by atoms with Gasteiger partial charge in [-0.15, -0.1) is 0 Å². The summed E-state index contributed by atoms with van der Waals surface area (Å²) < 4.78 is 5.47. The predicted octanol–water partition coefficient (Wildman–Crippen LogP) is 2.69. The molecular weight excluding hydrogens is 236 g/mol. The zero-order chi connectivity index (χ0) is 13.7. The highest BCUT2D eigenvalue weighted by molar-refractivity contribution is 5.28. The smallest absolute Gasteiger partial charge is 0.119 e. The van der Waals surface area contributed by atoms with Gasteiger partial charge in [-0.2, -0.15) is 0 Å². The molecule has 1 aromatic carbocycles. The van der Waals surface area contributed by atoms with Crippen molar-refractivity contribution in [3.8, 4) is 5.75 Å². The maximum Gasteiger partial charge on any atom is 0.119 e. The summed E-state index contributed by atoms with van der Waals surface area (Å²) in [5.41, 5.74) is 1.33. The molecule has 1 aromatic rings. The van der Waals surface area contributed by atoms with E-state index in [1.807, 2.05) is 6.92 Å². The van der Waals surface area contributed by atoms with Crippen molar-refractivity contribution < 1.29 is 4.74 Å². The molecule has 1 N–H and O–H groups in total. The topological polar surface area (TPSA) is 24.5 Å². The van der Waals surface area contributed by atoms with E-state index in [9.17, 15) is 0 Å². The maximum absolute atomic E-state index is 5.47. The summed E-state index contributed by atoms with van der Waals surface area (Å²) in [4.78, 5) is 2.41. The van der Waals surface area contributed by atoms with Crippen molar-refractivity contribution in [1.29, 1.82) is 0 Å². The molecule has 1 aliphatic heterocycles. The largest absolute Gasteiger partial charge is 0.494 e. The standard InChI is InChI=1S/C16H26N2O/c1-4-19-16-7-5-15(6-8-16)13(2)17-11-14-9-10-18(3)12-14/h5-8,13-14,17H,4,9-12H2,1-3H3. The molecule has 106 valence electrons. The molecule has 1 aliphatic rings. The van der Waals surface area contributed by atoms with Crippen LogP contribution >= 0.6 is 0 Å². The third-order valence-electron chi connectivity index (χ3n) is 3.89. The quantitative estimate of drug-likeness (QED) is 0.853. The van der Waals surface area contributed by atoms with Gasteiger partial charge in [-0.05, 0) is 64.0 Å². The monoisotopic (exact) mass is 262 g/mol. The summed E-state index contributed by atoms with van der Waals surface area (Å²) in [7, 11) is 2.20. The van der Waals surface area contributed by atoms with Crippen molar-refractivity contribution in [2.24, 2.45) is 5.92 Å². The Kier molecular flexibility index (Phi) is 5.23. The Balaban J connectivity index is 1.80. The van der Waals surface area contributed by atoms with E-state index in [1.165, 1.54) is 25.1 Å². The molecule has 3 heteroatoms. The summed E-state index contributed by atoms with van der Waals surface area (Å²) >= 11 is 0. The average Bonchev–Trinajstić information content (AvgIpc) is 2.83. The minimum Gasteiger partial charge on any atom is -0.494 e. The van der Waals surface area contributed by atoms with E-state index < -0.39 is 0 Å². The second kappa shape index (κ2) is 6.92. The van der Waals surface area contributed by atoms with E-state index >= 15 is 0 Å². The summed E-state index contributed by atoms with van der Waals surface area (Å²) in [5, 5.41) is 3.65. The number of rotatable bonds is 6. The molecule has 0 spiro atoms. The summed E-state index contributed by atoms with van der Waals surface area (Å²) in [5.74, 6) is 1.76. The zero-order valence-electron chi connectivity index (χ0n) is 12.4. The van der Waals surface area contributed by atoms with Crippen molar-refractivity contribution in [3.63, 3.8) is 0 Å². The zero-order valence-corrected chi connectivity index (χ0v) is 12.4. The summed E-state index contributed by atoms with van der Waals surface area (Å²) in [6.07, 6.45) is 1.32. The van der Waals surface area contributed by atoms with Crippen LogP contribution in [0.15, 0.2) is 24.3 Å². The molecule has 2 rings (SSSR count). The first-order valence-corrected chi connectivity index (χ1v) is 7.33. The second-order valence-corrected chi connectivity index (χ2v) is 5.55. The van der Waals surface area contributed by atoms with E-state index in [0.29, 0.717) is 6.04 Å². The lowest BCUT2D eigenvalue weighted by atomic mass is 10.1. The van der Waals surface area contributed by atoms with Crippen LogP contribution in [0.25, 0.3) is 0 Å². The van der Waals surface area contributed by atoms with Crippen LogP contribution in [0.4, 0.5) is 0 Å². The highest BCUT2D eigenvalue weighted by atomic mass is 16.5. The maximum atomic E-state index is 5.47. The van der Waals surface area contributed by atoms with Crippen LogP contribution in [0.3, 0.4) is 0 Å². The van der Waals surface area contributed by atoms with Gasteiger partial charge in [0.15, 0.2) is 0 Å². The van der Waals surface area contributed by atoms with Crippen molar-refractivity contribution in [2.75, 3.05) is 33.3 Å². The summed E-state index contributed by atoms with van der Waals surface area (Å²) in [6.45, 7) is 8.54. The van der Waals surface area contributed by atoms with Crippen LogP contribution in [0, 0.1) is 5.92 Å². The highest BCUT2D eigenvalue weighted by Gasteiger charge is 2.19. The Bertz CT molecular complexity index is 377. The second-order valence-electron chi connectivity index (χ2n) is 5.55. The van der Waals surface area contributed by atoms with Crippen LogP contribution in [-0.2, 0) is 0 Å². The molecule has 2 atom stereocenters. The van der Waals surface area contributed by atoms with Gasteiger partial charge in [-0.1, -0.05) is 12.1 Å². The first kappa shape index (κ1) is 14.4. The number of nitrogens with one attached hydrogen (secondary N) is 1. The van der Waals surface area contributed by atoms with Gasteiger partial charge in [-0.3, -0.25) is 0 Å². The minimum atomic E-state index is 0.404. The van der Waals surface area contributed by atoms with Crippen molar-refractivity contribution in [1.82, 2.24) is 10.2 Å². The molecule has 2 unspecified atom stereocenters. The molecule has 1 saturated heterocycles. The molecule has 1 fully saturated rings. The van der Waals surface area contributed by atoms with Gasteiger partial charge in [-0.25, -0.2) is 0 Å². The third kappa shape index (κ3) is 4.22. The number of nitrogens with zero attached hydrogens (tertiary/aromatic N) is 1. The fourth-order valence-electron chi connectivity index (χ4n) is 2.67. The molecular formula is C16H26N2O. The van der Waals surface area contributed by atoms with Gasteiger partial charge in [0.2, 0.25) is 0 Å². The Morgan fingerprint density at radius 2 is 2.11 bits per heavy atom. The average molecular weight is 262 g/mol. The van der Waals surface area contributed by atoms with E-state index in [2.05, 4.69) is 48.5 Å². The number of likely N-dealkylation sites (tertiary alicyclic amines) is 1. The van der Waals surface area contributed by atoms with Crippen LogP contribution in [0.1, 0.15) is 31.9 Å². The normalized spacial score (nSPS) is 21.5. The molecule has 0 amide bonds. The molecule has 19 heavy (non-hydrogen) atoms. The van der Waals surface area contributed by atoms with Gasteiger partial charge in [0.05, 0.1) is 6.61 Å². The van der Waals surface area contributed by atoms with Gasteiger partial charge >= 0.3 is 0 Å². The first-order chi connectivity index (χ1) is 9.19. The molecule has 0 saturated carbocycles. The lowest BCUT2D eigenvalue weighted by Crippen LogP contribution is -2.27. The Morgan fingerprint density at radius 3 is 2.68 bits per heavy atom. The van der Waals surface area contributed by atoms with E-state index in [0.717, 1.165) is 24.8 Å². The Labute approximate surface area is 116 Å². The van der Waals surface area contributed by atoms with Gasteiger partial charge in [0.1, 0.15) is 5.75 Å². The fourth-order valence-corrected chi connectivity index (χ4v) is 2.67. The fraction of sp³-hybridized carbons (Fsp3) is 0.625.